The van der Waals surface area contributed by atoms with Crippen molar-refractivity contribution in [2.45, 2.75) is 85.7 Å². The Hall–Kier alpha value is -0.630. The van der Waals surface area contributed by atoms with Crippen molar-refractivity contribution in [1.82, 2.24) is 0 Å². The summed E-state index contributed by atoms with van der Waals surface area (Å²) in [6.07, 6.45) is 10.1. The lowest BCUT2D eigenvalue weighted by atomic mass is 9.45. The van der Waals surface area contributed by atoms with Gasteiger partial charge in [0.25, 0.3) is 0 Å². The monoisotopic (exact) mass is 344 g/mol. The summed E-state index contributed by atoms with van der Waals surface area (Å²) in [5.74, 6) is 3.11. The number of aliphatic hydroxyl groups is 1. The highest BCUT2D eigenvalue weighted by atomic mass is 16.3. The van der Waals surface area contributed by atoms with Crippen LogP contribution < -0.4 is 0 Å². The zero-order chi connectivity index (χ0) is 18.2. The van der Waals surface area contributed by atoms with E-state index in [0.29, 0.717) is 23.0 Å². The van der Waals surface area contributed by atoms with Gasteiger partial charge in [-0.15, -0.1) is 0 Å². The Morgan fingerprint density at radius 2 is 1.84 bits per heavy atom. The molecule has 4 aliphatic carbocycles. The number of carbonyl (C=O) groups is 1. The predicted molar refractivity (Wildman–Crippen MR) is 101 cm³/mol. The molecule has 3 fully saturated rings. The second-order valence-electron chi connectivity index (χ2n) is 10.5. The number of ketones is 1. The first kappa shape index (κ1) is 17.8. The maximum absolute atomic E-state index is 12.7. The van der Waals surface area contributed by atoms with Gasteiger partial charge in [-0.3, -0.25) is 4.79 Å². The zero-order valence-corrected chi connectivity index (χ0v) is 16.8. The molecule has 0 heterocycles. The van der Waals surface area contributed by atoms with Crippen LogP contribution in [0.3, 0.4) is 0 Å². The van der Waals surface area contributed by atoms with Crippen LogP contribution in [0.5, 0.6) is 0 Å². The lowest BCUT2D eigenvalue weighted by Crippen LogP contribution is -2.54. The molecule has 8 atom stereocenters. The molecule has 0 aromatic rings. The van der Waals surface area contributed by atoms with Crippen LogP contribution in [0.15, 0.2) is 11.6 Å². The minimum absolute atomic E-state index is 0.150. The van der Waals surface area contributed by atoms with Gasteiger partial charge >= 0.3 is 0 Å². The van der Waals surface area contributed by atoms with E-state index in [1.807, 2.05) is 6.92 Å². The van der Waals surface area contributed by atoms with Crippen molar-refractivity contribution in [3.63, 3.8) is 0 Å². The fourth-order valence-corrected chi connectivity index (χ4v) is 8.04. The van der Waals surface area contributed by atoms with E-state index in [4.69, 9.17) is 0 Å². The molecule has 0 spiro atoms. The first-order valence-corrected chi connectivity index (χ1v) is 10.5. The summed E-state index contributed by atoms with van der Waals surface area (Å²) in [7, 11) is 0. The lowest BCUT2D eigenvalue weighted by molar-refractivity contribution is -0.141. The molecule has 140 valence electrons. The number of allylic oxidation sites excluding steroid dienone is 1. The quantitative estimate of drug-likeness (QED) is 0.668. The van der Waals surface area contributed by atoms with Crippen LogP contribution in [-0.4, -0.2) is 17.0 Å². The fraction of sp³-hybridized carbons (Fsp3) is 0.870. The maximum Gasteiger partial charge on any atom is 0.136 e. The third-order valence-corrected chi connectivity index (χ3v) is 9.99. The summed E-state index contributed by atoms with van der Waals surface area (Å²) >= 11 is 0. The third-order valence-electron chi connectivity index (χ3n) is 9.99. The average molecular weight is 345 g/mol. The molecule has 1 N–H and O–H groups in total. The maximum atomic E-state index is 12.7. The molecule has 0 radical (unpaired) electrons. The fourth-order valence-electron chi connectivity index (χ4n) is 8.04. The summed E-state index contributed by atoms with van der Waals surface area (Å²) in [5.41, 5.74) is 1.85. The van der Waals surface area contributed by atoms with Gasteiger partial charge in [0.2, 0.25) is 0 Å². The van der Waals surface area contributed by atoms with Crippen LogP contribution in [0.4, 0.5) is 0 Å². The molecule has 25 heavy (non-hydrogen) atoms. The van der Waals surface area contributed by atoms with Gasteiger partial charge < -0.3 is 5.11 Å². The molecule has 2 heteroatoms. The van der Waals surface area contributed by atoms with Gasteiger partial charge in [0.05, 0.1) is 6.10 Å². The normalized spacial score (nSPS) is 55.0. The van der Waals surface area contributed by atoms with E-state index in [-0.39, 0.29) is 16.9 Å². The van der Waals surface area contributed by atoms with Crippen molar-refractivity contribution in [2.24, 2.45) is 39.9 Å². The number of carbonyl (C=O) groups excluding carboxylic acids is 1. The van der Waals surface area contributed by atoms with Crippen molar-refractivity contribution in [1.29, 1.82) is 0 Å². The summed E-state index contributed by atoms with van der Waals surface area (Å²) in [6.45, 7) is 11.4. The van der Waals surface area contributed by atoms with Crippen molar-refractivity contribution in [2.75, 3.05) is 0 Å². The largest absolute Gasteiger partial charge is 0.389 e. The number of rotatable bonds is 1. The second-order valence-corrected chi connectivity index (χ2v) is 10.5. The molecule has 4 aliphatic rings. The van der Waals surface area contributed by atoms with Gasteiger partial charge in [-0.05, 0) is 86.4 Å². The highest BCUT2D eigenvalue weighted by Gasteiger charge is 2.66. The minimum atomic E-state index is -0.221. The van der Waals surface area contributed by atoms with Gasteiger partial charge in [-0.2, -0.15) is 0 Å². The minimum Gasteiger partial charge on any atom is -0.389 e. The van der Waals surface area contributed by atoms with Gasteiger partial charge in [-0.25, -0.2) is 0 Å². The molecule has 0 aromatic heterocycles. The Morgan fingerprint density at radius 3 is 2.52 bits per heavy atom. The predicted octanol–water partition coefficient (Wildman–Crippen LogP) is 5.15. The molecule has 2 nitrogen and oxygen atoms in total. The van der Waals surface area contributed by atoms with Gasteiger partial charge in [-0.1, -0.05) is 39.3 Å². The van der Waals surface area contributed by atoms with Crippen LogP contribution in [0.2, 0.25) is 0 Å². The zero-order valence-electron chi connectivity index (χ0n) is 16.8. The lowest BCUT2D eigenvalue weighted by Gasteiger charge is -2.59. The van der Waals surface area contributed by atoms with Crippen molar-refractivity contribution in [3.05, 3.63) is 11.6 Å². The van der Waals surface area contributed by atoms with E-state index in [9.17, 15) is 9.90 Å². The second kappa shape index (κ2) is 5.44. The third kappa shape index (κ3) is 2.10. The number of Topliss-reactive ketones (excluding diaryl/α,β-unsaturated/α-hetero) is 1. The molecular formula is C23H36O2. The number of fused-ring (bicyclic) bond motifs is 5. The molecule has 0 aliphatic heterocycles. The molecule has 4 rings (SSSR count). The van der Waals surface area contributed by atoms with E-state index in [1.54, 1.807) is 0 Å². The van der Waals surface area contributed by atoms with Crippen LogP contribution >= 0.6 is 0 Å². The van der Waals surface area contributed by atoms with Gasteiger partial charge in [0.15, 0.2) is 0 Å². The summed E-state index contributed by atoms with van der Waals surface area (Å²) < 4.78 is 0. The van der Waals surface area contributed by atoms with E-state index in [1.165, 1.54) is 31.3 Å². The molecule has 0 unspecified atom stereocenters. The average Bonchev–Trinajstić information content (AvgIpc) is 2.77. The molecule has 0 bridgehead atoms. The molecule has 0 amide bonds. The topological polar surface area (TPSA) is 37.3 Å². The SMILES string of the molecule is CC(=O)[C@@]1(C)[C@H](C)C[C@@H]2[C@@H]3CCC4=C[C@@H](O)CC[C@]4(C)[C@H]3CC[C@@]21C. The highest BCUT2D eigenvalue weighted by molar-refractivity contribution is 5.83. The van der Waals surface area contributed by atoms with Gasteiger partial charge in [0.1, 0.15) is 5.78 Å². The molecule has 0 aromatic carbocycles. The molecular weight excluding hydrogens is 308 g/mol. The van der Waals surface area contributed by atoms with E-state index in [0.717, 1.165) is 31.1 Å². The molecule has 0 saturated heterocycles. The number of aliphatic hydroxyl groups excluding tert-OH is 1. The van der Waals surface area contributed by atoms with Crippen molar-refractivity contribution < 1.29 is 9.90 Å². The van der Waals surface area contributed by atoms with Crippen molar-refractivity contribution in [3.8, 4) is 0 Å². The van der Waals surface area contributed by atoms with Crippen LogP contribution in [0.1, 0.15) is 79.6 Å². The Morgan fingerprint density at radius 1 is 1.12 bits per heavy atom. The first-order chi connectivity index (χ1) is 11.6. The Kier molecular flexibility index (Phi) is 3.87. The van der Waals surface area contributed by atoms with E-state index in [2.05, 4.69) is 33.8 Å². The standard InChI is InChI=1S/C23H36O2/c1-14-12-20-18-7-6-16-13-17(25)8-10-21(16,3)19(18)9-11-22(20,4)23(14,5)15(2)24/h13-14,17-20,25H,6-12H2,1-5H3/t14-,17+,18-,19+,20-,21+,22+,23-/m1/s1. The summed E-state index contributed by atoms with van der Waals surface area (Å²) in [5, 5.41) is 10.1. The van der Waals surface area contributed by atoms with E-state index < -0.39 is 0 Å². The summed E-state index contributed by atoms with van der Waals surface area (Å²) in [4.78, 5) is 12.7. The van der Waals surface area contributed by atoms with Crippen LogP contribution in [-0.2, 0) is 4.79 Å². The Bertz CT molecular complexity index is 622. The van der Waals surface area contributed by atoms with Crippen LogP contribution in [0, 0.1) is 39.9 Å². The van der Waals surface area contributed by atoms with E-state index >= 15 is 0 Å². The number of hydrogen-bond acceptors (Lipinski definition) is 2. The van der Waals surface area contributed by atoms with Gasteiger partial charge in [0, 0.05) is 5.41 Å². The Labute approximate surface area is 153 Å². The highest BCUT2D eigenvalue weighted by Crippen LogP contribution is 2.71. The molecule has 3 saturated carbocycles. The van der Waals surface area contributed by atoms with Crippen molar-refractivity contribution >= 4 is 5.78 Å². The smallest absolute Gasteiger partial charge is 0.136 e. The number of hydrogen-bond donors (Lipinski definition) is 1. The summed E-state index contributed by atoms with van der Waals surface area (Å²) in [6, 6.07) is 0. The van der Waals surface area contributed by atoms with Crippen LogP contribution in [0.25, 0.3) is 0 Å². The Balaban J connectivity index is 1.71. The first-order valence-electron chi connectivity index (χ1n) is 10.5.